The molecule has 0 saturated carbocycles. The summed E-state index contributed by atoms with van der Waals surface area (Å²) >= 11 is 7.43. The highest BCUT2D eigenvalue weighted by Crippen LogP contribution is 2.17. The summed E-state index contributed by atoms with van der Waals surface area (Å²) in [4.78, 5) is 5.12. The van der Waals surface area contributed by atoms with Gasteiger partial charge in [-0.25, -0.2) is 0 Å². The van der Waals surface area contributed by atoms with Crippen LogP contribution in [0.3, 0.4) is 0 Å². The number of aromatic nitrogens is 1. The molecule has 1 atom stereocenters. The van der Waals surface area contributed by atoms with Gasteiger partial charge in [-0.2, -0.15) is 0 Å². The van der Waals surface area contributed by atoms with Gasteiger partial charge in [0.25, 0.3) is 0 Å². The minimum absolute atomic E-state index is 0.232. The van der Waals surface area contributed by atoms with Crippen molar-refractivity contribution in [3.8, 4) is 5.75 Å². The maximum atomic E-state index is 9.78. The number of aliphatic hydroxyl groups excluding tert-OH is 1. The zero-order chi connectivity index (χ0) is 13.5. The zero-order valence-electron chi connectivity index (χ0n) is 10.3. The van der Waals surface area contributed by atoms with Crippen LogP contribution in [0.25, 0.3) is 0 Å². The van der Waals surface area contributed by atoms with E-state index in [1.807, 2.05) is 18.3 Å². The molecule has 4 nitrogen and oxygen atoms in total. The number of benzene rings is 1. The summed E-state index contributed by atoms with van der Waals surface area (Å²) in [5, 5.41) is 13.5. The highest BCUT2D eigenvalue weighted by molar-refractivity contribution is 7.09. The van der Waals surface area contributed by atoms with E-state index in [9.17, 15) is 5.11 Å². The lowest BCUT2D eigenvalue weighted by Gasteiger charge is -2.13. The van der Waals surface area contributed by atoms with Crippen molar-refractivity contribution in [1.82, 2.24) is 10.3 Å². The van der Waals surface area contributed by atoms with Crippen LogP contribution in [0.5, 0.6) is 5.75 Å². The Bertz CT molecular complexity index is 493. The summed E-state index contributed by atoms with van der Waals surface area (Å²) in [6.07, 6.45) is 1.25. The topological polar surface area (TPSA) is 54.4 Å². The van der Waals surface area contributed by atoms with Crippen molar-refractivity contribution < 1.29 is 9.84 Å². The molecular weight excluding hydrogens is 284 g/mol. The Morgan fingerprint density at radius 3 is 3.11 bits per heavy atom. The number of hydrogen-bond donors (Lipinski definition) is 2. The second kappa shape index (κ2) is 7.45. The third-order valence-electron chi connectivity index (χ3n) is 2.40. The van der Waals surface area contributed by atoms with Crippen LogP contribution in [0.4, 0.5) is 0 Å². The van der Waals surface area contributed by atoms with Crippen LogP contribution in [-0.4, -0.2) is 29.3 Å². The number of aliphatic hydroxyl groups is 1. The molecule has 102 valence electrons. The lowest BCUT2D eigenvalue weighted by atomic mass is 10.3. The summed E-state index contributed by atoms with van der Waals surface area (Å²) in [6, 6.07) is 7.12. The fourth-order valence-electron chi connectivity index (χ4n) is 1.50. The van der Waals surface area contributed by atoms with Gasteiger partial charge in [0.15, 0.2) is 0 Å². The first-order valence-corrected chi connectivity index (χ1v) is 7.14. The molecule has 0 spiro atoms. The molecule has 0 aliphatic carbocycles. The molecule has 0 radical (unpaired) electrons. The Hall–Kier alpha value is -1.14. The van der Waals surface area contributed by atoms with Gasteiger partial charge in [-0.3, -0.25) is 4.98 Å². The van der Waals surface area contributed by atoms with Gasteiger partial charge in [0, 0.05) is 29.2 Å². The van der Waals surface area contributed by atoms with Crippen LogP contribution in [0.15, 0.2) is 36.0 Å². The first kappa shape index (κ1) is 14.3. The zero-order valence-corrected chi connectivity index (χ0v) is 11.8. The van der Waals surface area contributed by atoms with E-state index in [0.29, 0.717) is 23.9 Å². The molecule has 1 aromatic heterocycles. The molecule has 19 heavy (non-hydrogen) atoms. The minimum Gasteiger partial charge on any atom is -0.491 e. The fraction of sp³-hybridized carbons (Fsp3) is 0.308. The highest BCUT2D eigenvalue weighted by Gasteiger charge is 2.05. The van der Waals surface area contributed by atoms with Crippen LogP contribution in [0.2, 0.25) is 5.02 Å². The van der Waals surface area contributed by atoms with E-state index in [4.69, 9.17) is 16.3 Å². The van der Waals surface area contributed by atoms with Crippen LogP contribution in [-0.2, 0) is 6.54 Å². The van der Waals surface area contributed by atoms with E-state index in [1.54, 1.807) is 29.0 Å². The molecular formula is C13H15ClN2O2S. The van der Waals surface area contributed by atoms with E-state index >= 15 is 0 Å². The smallest absolute Gasteiger partial charge is 0.120 e. The monoisotopic (exact) mass is 298 g/mol. The van der Waals surface area contributed by atoms with Crippen molar-refractivity contribution in [2.75, 3.05) is 13.2 Å². The number of nitrogens with one attached hydrogen (secondary N) is 1. The average molecular weight is 299 g/mol. The molecule has 2 rings (SSSR count). The van der Waals surface area contributed by atoms with Crippen molar-refractivity contribution >= 4 is 22.9 Å². The molecule has 1 heterocycles. The van der Waals surface area contributed by atoms with Crippen LogP contribution in [0.1, 0.15) is 4.88 Å². The molecule has 1 aromatic carbocycles. The average Bonchev–Trinajstić information content (AvgIpc) is 2.90. The fourth-order valence-corrected chi connectivity index (χ4v) is 2.24. The molecule has 1 unspecified atom stereocenters. The number of nitrogens with zero attached hydrogens (tertiary/aromatic N) is 1. The SMILES string of the molecule is OC(CNCc1cncs1)COc1cccc(Cl)c1. The molecule has 2 N–H and O–H groups in total. The molecule has 6 heteroatoms. The Labute approximate surface area is 121 Å². The van der Waals surface area contributed by atoms with E-state index in [-0.39, 0.29) is 6.61 Å². The third-order valence-corrected chi connectivity index (χ3v) is 3.42. The van der Waals surface area contributed by atoms with Crippen molar-refractivity contribution in [2.24, 2.45) is 0 Å². The second-order valence-electron chi connectivity index (χ2n) is 4.02. The van der Waals surface area contributed by atoms with Gasteiger partial charge in [-0.15, -0.1) is 11.3 Å². The number of hydrogen-bond acceptors (Lipinski definition) is 5. The Balaban J connectivity index is 1.65. The van der Waals surface area contributed by atoms with Crippen LogP contribution in [0, 0.1) is 0 Å². The molecule has 2 aromatic rings. The number of ether oxygens (including phenoxy) is 1. The number of halogens is 1. The standard InChI is InChI=1S/C13H15ClN2O2S/c14-10-2-1-3-12(4-10)18-8-11(17)5-15-6-13-7-16-9-19-13/h1-4,7,9,11,15,17H,5-6,8H2. The van der Waals surface area contributed by atoms with Gasteiger partial charge in [0.2, 0.25) is 0 Å². The molecule has 0 fully saturated rings. The van der Waals surface area contributed by atoms with Gasteiger partial charge in [-0.05, 0) is 18.2 Å². The third kappa shape index (κ3) is 5.16. The maximum Gasteiger partial charge on any atom is 0.120 e. The molecule has 0 amide bonds. The van der Waals surface area contributed by atoms with E-state index in [2.05, 4.69) is 10.3 Å². The molecule has 0 aliphatic heterocycles. The summed E-state index contributed by atoms with van der Waals surface area (Å²) in [7, 11) is 0. The lowest BCUT2D eigenvalue weighted by Crippen LogP contribution is -2.30. The van der Waals surface area contributed by atoms with Crippen molar-refractivity contribution in [1.29, 1.82) is 0 Å². The minimum atomic E-state index is -0.563. The Kier molecular flexibility index (Phi) is 5.60. The van der Waals surface area contributed by atoms with Crippen molar-refractivity contribution in [3.63, 3.8) is 0 Å². The van der Waals surface area contributed by atoms with Gasteiger partial charge in [-0.1, -0.05) is 17.7 Å². The quantitative estimate of drug-likeness (QED) is 0.824. The van der Waals surface area contributed by atoms with Gasteiger partial charge >= 0.3 is 0 Å². The van der Waals surface area contributed by atoms with Crippen LogP contribution >= 0.6 is 22.9 Å². The molecule has 0 bridgehead atoms. The first-order chi connectivity index (χ1) is 9.24. The van der Waals surface area contributed by atoms with Crippen molar-refractivity contribution in [2.45, 2.75) is 12.6 Å². The largest absolute Gasteiger partial charge is 0.491 e. The normalized spacial score (nSPS) is 12.3. The second-order valence-corrected chi connectivity index (χ2v) is 5.43. The number of thiazole rings is 1. The Morgan fingerprint density at radius 2 is 2.37 bits per heavy atom. The molecule has 0 aliphatic rings. The van der Waals surface area contributed by atoms with E-state index in [1.165, 1.54) is 0 Å². The predicted octanol–water partition coefficient (Wildman–Crippen LogP) is 2.33. The van der Waals surface area contributed by atoms with E-state index < -0.39 is 6.10 Å². The van der Waals surface area contributed by atoms with E-state index in [0.717, 1.165) is 4.88 Å². The summed E-state index contributed by atoms with van der Waals surface area (Å²) in [5.41, 5.74) is 1.79. The predicted molar refractivity (Wildman–Crippen MR) is 76.8 cm³/mol. The van der Waals surface area contributed by atoms with Gasteiger partial charge < -0.3 is 15.2 Å². The summed E-state index contributed by atoms with van der Waals surface area (Å²) in [6.45, 7) is 1.41. The first-order valence-electron chi connectivity index (χ1n) is 5.88. The maximum absolute atomic E-state index is 9.78. The van der Waals surface area contributed by atoms with Crippen molar-refractivity contribution in [3.05, 3.63) is 45.9 Å². The number of rotatable bonds is 7. The van der Waals surface area contributed by atoms with Gasteiger partial charge in [0.1, 0.15) is 18.5 Å². The van der Waals surface area contributed by atoms with Crippen LogP contribution < -0.4 is 10.1 Å². The summed E-state index contributed by atoms with van der Waals surface area (Å²) in [5.74, 6) is 0.661. The Morgan fingerprint density at radius 1 is 1.47 bits per heavy atom. The lowest BCUT2D eigenvalue weighted by molar-refractivity contribution is 0.106. The van der Waals surface area contributed by atoms with Gasteiger partial charge in [0.05, 0.1) is 5.51 Å². The molecule has 0 saturated heterocycles. The summed E-state index contributed by atoms with van der Waals surface area (Å²) < 4.78 is 5.45. The highest BCUT2D eigenvalue weighted by atomic mass is 35.5.